The lowest BCUT2D eigenvalue weighted by Gasteiger charge is -2.21. The van der Waals surface area contributed by atoms with Crippen LogP contribution < -0.4 is 9.64 Å². The molecule has 5 heteroatoms. The van der Waals surface area contributed by atoms with Gasteiger partial charge in [-0.3, -0.25) is 9.69 Å². The van der Waals surface area contributed by atoms with Gasteiger partial charge in [-0.1, -0.05) is 12.1 Å². The van der Waals surface area contributed by atoms with Crippen molar-refractivity contribution in [1.29, 1.82) is 0 Å². The molecular formula is C20H20N2O3. The van der Waals surface area contributed by atoms with Crippen LogP contribution in [0.1, 0.15) is 16.9 Å². The van der Waals surface area contributed by atoms with Gasteiger partial charge in [-0.25, -0.2) is 4.98 Å². The second kappa shape index (κ2) is 7.66. The van der Waals surface area contributed by atoms with Gasteiger partial charge in [0.2, 0.25) is 0 Å². The molecule has 25 heavy (non-hydrogen) atoms. The van der Waals surface area contributed by atoms with Crippen LogP contribution >= 0.6 is 0 Å². The van der Waals surface area contributed by atoms with E-state index in [1.807, 2.05) is 50.2 Å². The molecule has 0 aliphatic heterocycles. The first-order valence-electron chi connectivity index (χ1n) is 8.07. The van der Waals surface area contributed by atoms with Crippen molar-refractivity contribution in [3.05, 3.63) is 77.9 Å². The van der Waals surface area contributed by atoms with E-state index in [0.717, 1.165) is 5.56 Å². The third-order valence-corrected chi connectivity index (χ3v) is 3.96. The van der Waals surface area contributed by atoms with Crippen LogP contribution in [0.3, 0.4) is 0 Å². The topological polar surface area (TPSA) is 55.6 Å². The van der Waals surface area contributed by atoms with Crippen molar-refractivity contribution in [1.82, 2.24) is 4.98 Å². The van der Waals surface area contributed by atoms with Gasteiger partial charge in [0, 0.05) is 6.20 Å². The second-order valence-electron chi connectivity index (χ2n) is 5.78. The molecule has 0 spiro atoms. The van der Waals surface area contributed by atoms with Gasteiger partial charge < -0.3 is 9.15 Å². The molecule has 0 saturated heterocycles. The number of ether oxygens (including phenoxy) is 1. The maximum atomic E-state index is 12.7. The fourth-order valence-corrected chi connectivity index (χ4v) is 2.40. The smallest absolute Gasteiger partial charge is 0.266 e. The molecule has 0 unspecified atom stereocenters. The number of carbonyl (C=O) groups excluding carboxylic acids is 1. The molecule has 0 aliphatic carbocycles. The maximum Gasteiger partial charge on any atom is 0.266 e. The number of pyridine rings is 1. The fraction of sp³-hybridized carbons (Fsp3) is 0.200. The van der Waals surface area contributed by atoms with Crippen LogP contribution in [0.4, 0.5) is 5.82 Å². The van der Waals surface area contributed by atoms with E-state index in [0.29, 0.717) is 23.9 Å². The van der Waals surface area contributed by atoms with Gasteiger partial charge in [0.05, 0.1) is 12.8 Å². The van der Waals surface area contributed by atoms with Crippen molar-refractivity contribution in [2.75, 3.05) is 11.5 Å². The molecule has 1 aromatic carbocycles. The highest BCUT2D eigenvalue weighted by Crippen LogP contribution is 2.18. The minimum atomic E-state index is -0.187. The van der Waals surface area contributed by atoms with Crippen LogP contribution in [0, 0.1) is 13.8 Å². The zero-order valence-electron chi connectivity index (χ0n) is 14.3. The molecule has 2 aromatic heterocycles. The van der Waals surface area contributed by atoms with Gasteiger partial charge in [-0.15, -0.1) is 0 Å². The lowest BCUT2D eigenvalue weighted by Crippen LogP contribution is -2.35. The molecule has 0 saturated carbocycles. The normalized spacial score (nSPS) is 10.5. The van der Waals surface area contributed by atoms with Crippen molar-refractivity contribution < 1.29 is 13.9 Å². The number of furan rings is 1. The van der Waals surface area contributed by atoms with Crippen LogP contribution in [0.25, 0.3) is 0 Å². The van der Waals surface area contributed by atoms with Crippen molar-refractivity contribution in [2.24, 2.45) is 0 Å². The zero-order valence-corrected chi connectivity index (χ0v) is 14.3. The summed E-state index contributed by atoms with van der Waals surface area (Å²) in [5.41, 5.74) is 2.31. The minimum absolute atomic E-state index is 0.0697. The summed E-state index contributed by atoms with van der Waals surface area (Å²) in [5, 5.41) is 0. The summed E-state index contributed by atoms with van der Waals surface area (Å²) in [6.07, 6.45) is 3.24. The summed E-state index contributed by atoms with van der Waals surface area (Å²) < 4.78 is 11.0. The molecule has 0 radical (unpaired) electrons. The van der Waals surface area contributed by atoms with Gasteiger partial charge in [0.25, 0.3) is 5.91 Å². The predicted octanol–water partition coefficient (Wildman–Crippen LogP) is 3.90. The largest absolute Gasteiger partial charge is 0.484 e. The highest BCUT2D eigenvalue weighted by Gasteiger charge is 2.19. The maximum absolute atomic E-state index is 12.7. The first kappa shape index (κ1) is 16.8. The summed E-state index contributed by atoms with van der Waals surface area (Å²) in [7, 11) is 0. The summed E-state index contributed by atoms with van der Waals surface area (Å²) in [4.78, 5) is 18.5. The summed E-state index contributed by atoms with van der Waals surface area (Å²) >= 11 is 0. The average Bonchev–Trinajstić information content (AvgIpc) is 3.14. The number of nitrogens with zero attached hydrogens (tertiary/aromatic N) is 2. The van der Waals surface area contributed by atoms with E-state index in [2.05, 4.69) is 4.98 Å². The van der Waals surface area contributed by atoms with Crippen molar-refractivity contribution in [3.63, 3.8) is 0 Å². The fourth-order valence-electron chi connectivity index (χ4n) is 2.40. The van der Waals surface area contributed by atoms with Crippen LogP contribution in [-0.2, 0) is 11.3 Å². The predicted molar refractivity (Wildman–Crippen MR) is 95.5 cm³/mol. The number of rotatable bonds is 6. The van der Waals surface area contributed by atoms with Gasteiger partial charge in [0.1, 0.15) is 17.3 Å². The van der Waals surface area contributed by atoms with Gasteiger partial charge >= 0.3 is 0 Å². The van der Waals surface area contributed by atoms with Crippen LogP contribution in [0.5, 0.6) is 5.75 Å². The van der Waals surface area contributed by atoms with E-state index >= 15 is 0 Å². The Morgan fingerprint density at radius 2 is 2.00 bits per heavy atom. The Bertz CT molecular complexity index is 829. The second-order valence-corrected chi connectivity index (χ2v) is 5.78. The zero-order chi connectivity index (χ0) is 17.6. The monoisotopic (exact) mass is 336 g/mol. The molecule has 0 N–H and O–H groups in total. The molecule has 1 amide bonds. The Kier molecular flexibility index (Phi) is 5.14. The van der Waals surface area contributed by atoms with E-state index in [9.17, 15) is 4.79 Å². The molecule has 3 rings (SSSR count). The highest BCUT2D eigenvalue weighted by atomic mass is 16.5. The van der Waals surface area contributed by atoms with E-state index in [1.165, 1.54) is 5.56 Å². The van der Waals surface area contributed by atoms with E-state index < -0.39 is 0 Å². The number of benzene rings is 1. The number of amides is 1. The van der Waals surface area contributed by atoms with Crippen LogP contribution in [0.15, 0.2) is 65.4 Å². The van der Waals surface area contributed by atoms with Gasteiger partial charge in [-0.2, -0.15) is 0 Å². The van der Waals surface area contributed by atoms with Gasteiger partial charge in [-0.05, 0) is 61.4 Å². The first-order valence-corrected chi connectivity index (χ1v) is 8.07. The van der Waals surface area contributed by atoms with E-state index in [1.54, 1.807) is 29.5 Å². The minimum Gasteiger partial charge on any atom is -0.484 e. The molecule has 3 aromatic rings. The Labute approximate surface area is 146 Å². The molecule has 0 aliphatic rings. The number of hydrogen-bond acceptors (Lipinski definition) is 4. The van der Waals surface area contributed by atoms with Crippen molar-refractivity contribution >= 4 is 11.7 Å². The Hall–Kier alpha value is -3.08. The number of hydrogen-bond donors (Lipinski definition) is 0. The number of carbonyl (C=O) groups is 1. The third-order valence-electron chi connectivity index (χ3n) is 3.96. The van der Waals surface area contributed by atoms with E-state index in [4.69, 9.17) is 9.15 Å². The molecule has 0 fully saturated rings. The molecular weight excluding hydrogens is 316 g/mol. The number of aromatic nitrogens is 1. The molecule has 0 bridgehead atoms. The third kappa shape index (κ3) is 4.26. The molecule has 2 heterocycles. The Morgan fingerprint density at radius 3 is 2.68 bits per heavy atom. The van der Waals surface area contributed by atoms with Crippen molar-refractivity contribution in [3.8, 4) is 5.75 Å². The van der Waals surface area contributed by atoms with Crippen LogP contribution in [0.2, 0.25) is 0 Å². The van der Waals surface area contributed by atoms with E-state index in [-0.39, 0.29) is 12.5 Å². The van der Waals surface area contributed by atoms with Gasteiger partial charge in [0.15, 0.2) is 6.61 Å². The average molecular weight is 336 g/mol. The Morgan fingerprint density at radius 1 is 1.12 bits per heavy atom. The van der Waals surface area contributed by atoms with Crippen molar-refractivity contribution in [2.45, 2.75) is 20.4 Å². The number of aryl methyl sites for hydroxylation is 2. The molecule has 5 nitrogen and oxygen atoms in total. The molecule has 128 valence electrons. The quantitative estimate of drug-likeness (QED) is 0.685. The Balaban J connectivity index is 1.73. The summed E-state index contributed by atoms with van der Waals surface area (Å²) in [6, 6.07) is 14.8. The summed E-state index contributed by atoms with van der Waals surface area (Å²) in [5.74, 6) is 1.74. The summed E-state index contributed by atoms with van der Waals surface area (Å²) in [6.45, 7) is 4.29. The lowest BCUT2D eigenvalue weighted by atomic mass is 10.1. The highest BCUT2D eigenvalue weighted by molar-refractivity contribution is 5.93. The first-order chi connectivity index (χ1) is 12.1. The SMILES string of the molecule is Cc1ccc(OCC(=O)N(Cc2ccco2)c2ccccn2)cc1C. The standard InChI is InChI=1S/C20H20N2O3/c1-15-8-9-17(12-16(15)2)25-14-20(23)22(13-18-6-5-11-24-18)19-7-3-4-10-21-19/h3-12H,13-14H2,1-2H3. The molecule has 0 atom stereocenters. The number of anilines is 1. The van der Waals surface area contributed by atoms with Crippen LogP contribution in [-0.4, -0.2) is 17.5 Å². The lowest BCUT2D eigenvalue weighted by molar-refractivity contribution is -0.120.